The van der Waals surface area contributed by atoms with Crippen LogP contribution in [0.4, 0.5) is 0 Å². The summed E-state index contributed by atoms with van der Waals surface area (Å²) in [6.45, 7) is 4.49. The SMILES string of the molecule is CCCCCCCCCCc1cnc(-c2ccc(C(=O)Oc3ccc(CCCCCCCCC)cc3C#N)cc2)nc1. The van der Waals surface area contributed by atoms with Crippen LogP contribution in [0.3, 0.4) is 0 Å². The average molecular weight is 568 g/mol. The number of nitriles is 1. The third kappa shape index (κ3) is 11.8. The van der Waals surface area contributed by atoms with Crippen molar-refractivity contribution in [2.75, 3.05) is 0 Å². The molecular weight excluding hydrogens is 518 g/mol. The molecule has 0 bridgehead atoms. The van der Waals surface area contributed by atoms with E-state index in [0.717, 1.165) is 36.0 Å². The number of benzene rings is 2. The molecule has 0 spiro atoms. The smallest absolute Gasteiger partial charge is 0.343 e. The molecule has 0 saturated heterocycles. The van der Waals surface area contributed by atoms with Crippen LogP contribution >= 0.6 is 0 Å². The van der Waals surface area contributed by atoms with Crippen LogP contribution in [0.25, 0.3) is 11.4 Å². The van der Waals surface area contributed by atoms with Crippen molar-refractivity contribution in [1.82, 2.24) is 9.97 Å². The Kier molecular flexibility index (Phi) is 15.4. The summed E-state index contributed by atoms with van der Waals surface area (Å²) in [5.74, 6) is 0.447. The van der Waals surface area contributed by atoms with Gasteiger partial charge in [-0.2, -0.15) is 5.26 Å². The molecule has 0 atom stereocenters. The number of aromatic nitrogens is 2. The van der Waals surface area contributed by atoms with Crippen molar-refractivity contribution in [3.05, 3.63) is 77.1 Å². The van der Waals surface area contributed by atoms with Gasteiger partial charge >= 0.3 is 5.97 Å². The maximum atomic E-state index is 12.8. The van der Waals surface area contributed by atoms with Gasteiger partial charge in [-0.15, -0.1) is 0 Å². The van der Waals surface area contributed by atoms with Gasteiger partial charge in [0.25, 0.3) is 0 Å². The number of hydrogen-bond donors (Lipinski definition) is 0. The largest absolute Gasteiger partial charge is 0.422 e. The van der Waals surface area contributed by atoms with Gasteiger partial charge in [-0.1, -0.05) is 116 Å². The molecular formula is C37H49N3O2. The number of unbranched alkanes of at least 4 members (excludes halogenated alkanes) is 13. The minimum Gasteiger partial charge on any atom is -0.422 e. The van der Waals surface area contributed by atoms with Crippen molar-refractivity contribution in [2.24, 2.45) is 0 Å². The first-order chi connectivity index (χ1) is 20.6. The highest BCUT2D eigenvalue weighted by Crippen LogP contribution is 2.23. The molecule has 3 aromatic rings. The van der Waals surface area contributed by atoms with Crippen LogP contribution in [0.5, 0.6) is 5.75 Å². The number of carbonyl (C=O) groups is 1. The molecule has 5 heteroatoms. The predicted octanol–water partition coefficient (Wildman–Crippen LogP) is 10.2. The van der Waals surface area contributed by atoms with E-state index in [4.69, 9.17) is 4.74 Å². The van der Waals surface area contributed by atoms with Gasteiger partial charge in [-0.05, 0) is 61.1 Å². The van der Waals surface area contributed by atoms with Gasteiger partial charge in [-0.25, -0.2) is 14.8 Å². The van der Waals surface area contributed by atoms with E-state index < -0.39 is 5.97 Å². The molecule has 1 aromatic heterocycles. The highest BCUT2D eigenvalue weighted by atomic mass is 16.5. The van der Waals surface area contributed by atoms with Crippen LogP contribution in [-0.4, -0.2) is 15.9 Å². The lowest BCUT2D eigenvalue weighted by Crippen LogP contribution is -2.09. The first-order valence-corrected chi connectivity index (χ1v) is 16.3. The minimum absolute atomic E-state index is 0.297. The molecule has 0 radical (unpaired) electrons. The standard InChI is InChI=1S/C37H49N3O2/c1-3-5-7-9-11-13-15-17-19-31-28-39-36(40-29-31)32-21-23-33(24-22-32)37(41)42-35-25-20-30(26-34(35)27-38)18-16-14-12-10-8-6-4-2/h20-26,28-29H,3-19H2,1-2H3. The Morgan fingerprint density at radius 2 is 1.21 bits per heavy atom. The van der Waals surface area contributed by atoms with E-state index >= 15 is 0 Å². The minimum atomic E-state index is -0.487. The molecule has 0 aliphatic rings. The number of carbonyl (C=O) groups excluding carboxylic acids is 1. The highest BCUT2D eigenvalue weighted by molar-refractivity contribution is 5.91. The van der Waals surface area contributed by atoms with Gasteiger partial charge in [0.1, 0.15) is 11.8 Å². The fourth-order valence-electron chi connectivity index (χ4n) is 5.21. The molecule has 0 amide bonds. The summed E-state index contributed by atoms with van der Waals surface area (Å²) in [6.07, 6.45) is 25.0. The van der Waals surface area contributed by atoms with Crippen LogP contribution in [0.15, 0.2) is 54.9 Å². The Hall–Kier alpha value is -3.52. The monoisotopic (exact) mass is 567 g/mol. The third-order valence-corrected chi connectivity index (χ3v) is 7.84. The molecule has 0 saturated carbocycles. The zero-order chi connectivity index (χ0) is 29.8. The Balaban J connectivity index is 1.45. The van der Waals surface area contributed by atoms with Crippen LogP contribution in [-0.2, 0) is 12.8 Å². The van der Waals surface area contributed by atoms with Crippen LogP contribution in [0.1, 0.15) is 137 Å². The summed E-state index contributed by atoms with van der Waals surface area (Å²) < 4.78 is 5.61. The summed E-state index contributed by atoms with van der Waals surface area (Å²) in [7, 11) is 0. The summed E-state index contributed by atoms with van der Waals surface area (Å²) in [5.41, 5.74) is 3.92. The highest BCUT2D eigenvalue weighted by Gasteiger charge is 2.13. The lowest BCUT2D eigenvalue weighted by molar-refractivity contribution is 0.0734. The second kappa shape index (κ2) is 19.6. The van der Waals surface area contributed by atoms with E-state index in [9.17, 15) is 10.1 Å². The third-order valence-electron chi connectivity index (χ3n) is 7.84. The van der Waals surface area contributed by atoms with Crippen LogP contribution in [0.2, 0.25) is 0 Å². The lowest BCUT2D eigenvalue weighted by atomic mass is 10.0. The van der Waals surface area contributed by atoms with Crippen molar-refractivity contribution in [1.29, 1.82) is 5.26 Å². The molecule has 0 N–H and O–H groups in total. The topological polar surface area (TPSA) is 75.9 Å². The zero-order valence-electron chi connectivity index (χ0n) is 25.9. The van der Waals surface area contributed by atoms with Crippen molar-refractivity contribution >= 4 is 5.97 Å². The molecule has 1 heterocycles. The maximum absolute atomic E-state index is 12.8. The predicted molar refractivity (Wildman–Crippen MR) is 172 cm³/mol. The van der Waals surface area contributed by atoms with Crippen molar-refractivity contribution in [2.45, 2.75) is 123 Å². The van der Waals surface area contributed by atoms with Gasteiger partial charge in [0.05, 0.1) is 11.1 Å². The van der Waals surface area contributed by atoms with Crippen LogP contribution in [0, 0.1) is 11.3 Å². The molecule has 0 aliphatic heterocycles. The molecule has 0 aliphatic carbocycles. The van der Waals surface area contributed by atoms with Crippen molar-refractivity contribution in [3.8, 4) is 23.2 Å². The molecule has 3 rings (SSSR count). The number of esters is 1. The van der Waals surface area contributed by atoms with E-state index in [0.29, 0.717) is 22.7 Å². The number of ether oxygens (including phenoxy) is 1. The number of nitrogens with zero attached hydrogens (tertiary/aromatic N) is 3. The number of hydrogen-bond acceptors (Lipinski definition) is 5. The van der Waals surface area contributed by atoms with E-state index in [1.165, 1.54) is 89.9 Å². The van der Waals surface area contributed by atoms with Gasteiger partial charge < -0.3 is 4.74 Å². The molecule has 5 nitrogen and oxygen atoms in total. The van der Waals surface area contributed by atoms with Crippen LogP contribution < -0.4 is 4.74 Å². The molecule has 0 unspecified atom stereocenters. The number of aryl methyl sites for hydroxylation is 2. The maximum Gasteiger partial charge on any atom is 0.343 e. The summed E-state index contributed by atoms with van der Waals surface area (Å²) in [4.78, 5) is 21.9. The molecule has 224 valence electrons. The summed E-state index contributed by atoms with van der Waals surface area (Å²) >= 11 is 0. The molecule has 0 fully saturated rings. The van der Waals surface area contributed by atoms with Gasteiger partial charge in [0.2, 0.25) is 0 Å². The molecule has 2 aromatic carbocycles. The second-order valence-electron chi connectivity index (χ2n) is 11.4. The lowest BCUT2D eigenvalue weighted by Gasteiger charge is -2.09. The first kappa shape index (κ1) is 33.0. The van der Waals surface area contributed by atoms with Gasteiger partial charge in [0.15, 0.2) is 5.82 Å². The van der Waals surface area contributed by atoms with E-state index in [-0.39, 0.29) is 0 Å². The van der Waals surface area contributed by atoms with Crippen molar-refractivity contribution in [3.63, 3.8) is 0 Å². The van der Waals surface area contributed by atoms with Gasteiger partial charge in [0, 0.05) is 18.0 Å². The average Bonchev–Trinajstić information content (AvgIpc) is 3.03. The Morgan fingerprint density at radius 1 is 0.690 bits per heavy atom. The van der Waals surface area contributed by atoms with E-state index in [1.54, 1.807) is 18.2 Å². The Labute approximate surface area is 253 Å². The Bertz CT molecular complexity index is 1230. The van der Waals surface area contributed by atoms with E-state index in [1.807, 2.05) is 36.7 Å². The summed E-state index contributed by atoms with van der Waals surface area (Å²) in [5, 5.41) is 9.65. The fraction of sp³-hybridized carbons (Fsp3) is 0.514. The normalized spacial score (nSPS) is 10.9. The second-order valence-corrected chi connectivity index (χ2v) is 11.4. The number of rotatable bonds is 20. The van der Waals surface area contributed by atoms with E-state index in [2.05, 4.69) is 29.9 Å². The Morgan fingerprint density at radius 3 is 1.76 bits per heavy atom. The molecule has 42 heavy (non-hydrogen) atoms. The first-order valence-electron chi connectivity index (χ1n) is 16.3. The van der Waals surface area contributed by atoms with Gasteiger partial charge in [-0.3, -0.25) is 0 Å². The summed E-state index contributed by atoms with van der Waals surface area (Å²) in [6, 6.07) is 14.8. The fourth-order valence-corrected chi connectivity index (χ4v) is 5.21. The quantitative estimate of drug-likeness (QED) is 0.0771. The zero-order valence-corrected chi connectivity index (χ0v) is 25.9. The van der Waals surface area contributed by atoms with Crippen molar-refractivity contribution < 1.29 is 9.53 Å².